The van der Waals surface area contributed by atoms with Gasteiger partial charge in [-0.2, -0.15) is 5.10 Å². The lowest BCUT2D eigenvalue weighted by Crippen LogP contribution is -2.45. The molecule has 1 aliphatic rings. The van der Waals surface area contributed by atoms with Gasteiger partial charge in [-0.3, -0.25) is 19.4 Å². The normalized spacial score (nSPS) is 14.8. The van der Waals surface area contributed by atoms with Crippen molar-refractivity contribution in [2.75, 3.05) is 31.5 Å². The molecule has 2 aromatic carbocycles. The number of carbonyl (C=O) groups is 1. The Morgan fingerprint density at radius 2 is 1.45 bits per heavy atom. The number of hydrogen-bond donors (Lipinski definition) is 1. The lowest BCUT2D eigenvalue weighted by Gasteiger charge is -2.34. The second-order valence-electron chi connectivity index (χ2n) is 8.47. The fourth-order valence-electron chi connectivity index (χ4n) is 4.04. The third-order valence-corrected chi connectivity index (χ3v) is 5.87. The van der Waals surface area contributed by atoms with E-state index in [4.69, 9.17) is 0 Å². The van der Waals surface area contributed by atoms with Gasteiger partial charge in [0.2, 0.25) is 0 Å². The molecular weight excluding hydrogens is 414 g/mol. The summed E-state index contributed by atoms with van der Waals surface area (Å²) in [6.07, 6.45) is 0.779. The quantitative estimate of drug-likeness (QED) is 0.577. The average Bonchev–Trinajstić information content (AvgIpc) is 2.84. The highest BCUT2D eigenvalue weighted by Gasteiger charge is 2.17. The summed E-state index contributed by atoms with van der Waals surface area (Å²) in [5.41, 5.74) is 3.34. The van der Waals surface area contributed by atoms with Crippen LogP contribution in [0.25, 0.3) is 0 Å². The van der Waals surface area contributed by atoms with Crippen LogP contribution in [0, 0.1) is 0 Å². The predicted molar refractivity (Wildman–Crippen MR) is 130 cm³/mol. The van der Waals surface area contributed by atoms with E-state index in [1.54, 1.807) is 0 Å². The van der Waals surface area contributed by atoms with Crippen LogP contribution in [0.2, 0.25) is 0 Å². The molecule has 0 spiro atoms. The molecule has 1 amide bonds. The largest absolute Gasteiger partial charge is 0.321 e. The van der Waals surface area contributed by atoms with Crippen LogP contribution >= 0.6 is 0 Å². The van der Waals surface area contributed by atoms with Crippen LogP contribution in [0.3, 0.4) is 0 Å². The molecule has 1 N–H and O–H groups in total. The Kier molecular flexibility index (Phi) is 7.65. The van der Waals surface area contributed by atoms with Gasteiger partial charge < -0.3 is 5.32 Å². The number of amides is 1. The van der Waals surface area contributed by atoms with Crippen LogP contribution in [0.1, 0.15) is 35.0 Å². The van der Waals surface area contributed by atoms with Crippen molar-refractivity contribution < 1.29 is 4.79 Å². The van der Waals surface area contributed by atoms with Gasteiger partial charge in [-0.15, -0.1) is 0 Å². The highest BCUT2D eigenvalue weighted by molar-refractivity contribution is 6.02. The molecule has 0 aliphatic carbocycles. The lowest BCUT2D eigenvalue weighted by molar-refractivity contribution is 0.101. The van der Waals surface area contributed by atoms with Crippen LogP contribution in [0.15, 0.2) is 71.5 Å². The van der Waals surface area contributed by atoms with Crippen molar-refractivity contribution in [3.63, 3.8) is 0 Å². The Morgan fingerprint density at radius 3 is 2.06 bits per heavy atom. The number of rotatable bonds is 8. The maximum absolute atomic E-state index is 12.5. The van der Waals surface area contributed by atoms with Crippen molar-refractivity contribution in [1.82, 2.24) is 19.6 Å². The Hall–Kier alpha value is -3.29. The van der Waals surface area contributed by atoms with E-state index in [0.717, 1.165) is 45.7 Å². The Labute approximate surface area is 194 Å². The van der Waals surface area contributed by atoms with E-state index in [-0.39, 0.29) is 17.2 Å². The molecular formula is C26H31N5O2. The van der Waals surface area contributed by atoms with E-state index in [9.17, 15) is 9.59 Å². The van der Waals surface area contributed by atoms with Crippen molar-refractivity contribution in [3.8, 4) is 0 Å². The smallest absolute Gasteiger partial charge is 0.276 e. The molecule has 172 valence electrons. The second kappa shape index (κ2) is 11.0. The van der Waals surface area contributed by atoms with Gasteiger partial charge in [-0.25, -0.2) is 4.68 Å². The molecule has 0 unspecified atom stereocenters. The summed E-state index contributed by atoms with van der Waals surface area (Å²) in [6.45, 7) is 8.59. The van der Waals surface area contributed by atoms with Crippen molar-refractivity contribution >= 4 is 11.6 Å². The number of anilines is 1. The minimum absolute atomic E-state index is 0.196. The Bertz CT molecular complexity index is 1100. The van der Waals surface area contributed by atoms with Gasteiger partial charge in [0.25, 0.3) is 11.5 Å². The van der Waals surface area contributed by atoms with Crippen LogP contribution in [-0.4, -0.2) is 51.7 Å². The average molecular weight is 446 g/mol. The second-order valence-corrected chi connectivity index (χ2v) is 8.47. The summed E-state index contributed by atoms with van der Waals surface area (Å²) >= 11 is 0. The molecule has 1 aliphatic heterocycles. The summed E-state index contributed by atoms with van der Waals surface area (Å²) in [7, 11) is 0. The molecule has 2 heterocycles. The Morgan fingerprint density at radius 1 is 0.848 bits per heavy atom. The predicted octanol–water partition coefficient (Wildman–Crippen LogP) is 3.22. The van der Waals surface area contributed by atoms with Crippen molar-refractivity contribution in [1.29, 1.82) is 0 Å². The molecule has 3 aromatic rings. The van der Waals surface area contributed by atoms with E-state index in [1.807, 2.05) is 19.1 Å². The zero-order valence-corrected chi connectivity index (χ0v) is 19.1. The molecule has 1 aromatic heterocycles. The zero-order chi connectivity index (χ0) is 23.0. The first-order valence-corrected chi connectivity index (χ1v) is 11.6. The standard InChI is InChI=1S/C26H31N5O2/c1-2-14-31-25(32)13-12-24(28-31)26(33)27-23-10-8-22(9-11-23)20-30-17-15-29(16-18-30)19-21-6-4-3-5-7-21/h3-13H,2,14-20H2,1H3,(H,27,33). The van der Waals surface area contributed by atoms with Gasteiger partial charge in [-0.05, 0) is 35.7 Å². The molecule has 33 heavy (non-hydrogen) atoms. The minimum Gasteiger partial charge on any atom is -0.321 e. The highest BCUT2D eigenvalue weighted by atomic mass is 16.2. The molecule has 7 nitrogen and oxygen atoms in total. The van der Waals surface area contributed by atoms with Gasteiger partial charge in [0.1, 0.15) is 5.69 Å². The number of piperazine rings is 1. The van der Waals surface area contributed by atoms with E-state index in [0.29, 0.717) is 12.2 Å². The first-order chi connectivity index (χ1) is 16.1. The summed E-state index contributed by atoms with van der Waals surface area (Å²) in [4.78, 5) is 29.3. The number of aromatic nitrogens is 2. The number of carbonyl (C=O) groups excluding carboxylic acids is 1. The van der Waals surface area contributed by atoms with Gasteiger partial charge in [0.05, 0.1) is 0 Å². The van der Waals surface area contributed by atoms with E-state index >= 15 is 0 Å². The zero-order valence-electron chi connectivity index (χ0n) is 19.1. The molecule has 1 saturated heterocycles. The van der Waals surface area contributed by atoms with Gasteiger partial charge in [0.15, 0.2) is 0 Å². The molecule has 0 radical (unpaired) electrons. The number of nitrogens with zero attached hydrogens (tertiary/aromatic N) is 4. The van der Waals surface area contributed by atoms with Crippen LogP contribution in [0.4, 0.5) is 5.69 Å². The summed E-state index contributed by atoms with van der Waals surface area (Å²) in [6, 6.07) is 21.4. The summed E-state index contributed by atoms with van der Waals surface area (Å²) in [5, 5.41) is 7.04. The SMILES string of the molecule is CCCn1nc(C(=O)Nc2ccc(CN3CCN(Cc4ccccc4)CC3)cc2)ccc1=O. The van der Waals surface area contributed by atoms with E-state index in [2.05, 4.69) is 62.7 Å². The van der Waals surface area contributed by atoms with Gasteiger partial charge in [0, 0.05) is 57.6 Å². The first-order valence-electron chi connectivity index (χ1n) is 11.6. The van der Waals surface area contributed by atoms with Crippen LogP contribution in [-0.2, 0) is 19.6 Å². The fourth-order valence-corrected chi connectivity index (χ4v) is 4.04. The molecule has 4 rings (SSSR count). The molecule has 0 saturated carbocycles. The van der Waals surface area contributed by atoms with Crippen LogP contribution < -0.4 is 10.9 Å². The molecule has 7 heteroatoms. The van der Waals surface area contributed by atoms with Crippen molar-refractivity contribution in [3.05, 3.63) is 93.9 Å². The van der Waals surface area contributed by atoms with Crippen molar-refractivity contribution in [2.45, 2.75) is 33.0 Å². The topological polar surface area (TPSA) is 70.5 Å². The van der Waals surface area contributed by atoms with Gasteiger partial charge >= 0.3 is 0 Å². The lowest BCUT2D eigenvalue weighted by atomic mass is 10.1. The summed E-state index contributed by atoms with van der Waals surface area (Å²) < 4.78 is 1.33. The maximum Gasteiger partial charge on any atom is 0.276 e. The number of benzene rings is 2. The third kappa shape index (κ3) is 6.37. The number of hydrogen-bond acceptors (Lipinski definition) is 5. The Balaban J connectivity index is 1.27. The highest BCUT2D eigenvalue weighted by Crippen LogP contribution is 2.15. The fraction of sp³-hybridized carbons (Fsp3) is 0.346. The molecule has 0 atom stereocenters. The summed E-state index contributed by atoms with van der Waals surface area (Å²) in [5.74, 6) is -0.317. The van der Waals surface area contributed by atoms with Gasteiger partial charge in [-0.1, -0.05) is 49.4 Å². The third-order valence-electron chi connectivity index (χ3n) is 5.87. The minimum atomic E-state index is -0.317. The number of aryl methyl sites for hydroxylation is 1. The monoisotopic (exact) mass is 445 g/mol. The molecule has 1 fully saturated rings. The van der Waals surface area contributed by atoms with Crippen LogP contribution in [0.5, 0.6) is 0 Å². The first kappa shape index (κ1) is 22.9. The molecule has 0 bridgehead atoms. The van der Waals surface area contributed by atoms with Crippen molar-refractivity contribution in [2.24, 2.45) is 0 Å². The number of nitrogens with one attached hydrogen (secondary N) is 1. The van der Waals surface area contributed by atoms with E-state index in [1.165, 1.54) is 27.9 Å². The maximum atomic E-state index is 12.5. The van der Waals surface area contributed by atoms with E-state index < -0.39 is 0 Å².